The van der Waals surface area contributed by atoms with E-state index in [0.717, 1.165) is 37.7 Å². The first-order valence-electron chi connectivity index (χ1n) is 9.12. The summed E-state index contributed by atoms with van der Waals surface area (Å²) < 4.78 is 4.08. The average Bonchev–Trinajstić information content (AvgIpc) is 3.40. The lowest BCUT2D eigenvalue weighted by Gasteiger charge is -2.20. The molecule has 4 rings (SSSR count). The zero-order valence-corrected chi connectivity index (χ0v) is 19.0. The molecule has 0 N–H and O–H groups in total. The van der Waals surface area contributed by atoms with Gasteiger partial charge in [-0.1, -0.05) is 27.3 Å². The standard InChI is InChI=1S/C21H19BrN4OS2/c1-28-17-6-3-15(4-7-17)20(27)26(11-2-10-25-12-9-23-14-25)21-24-18-8-5-16(22)13-19(18)29-21/h3-9,12-14H,2,10-11H2,1H3. The summed E-state index contributed by atoms with van der Waals surface area (Å²) in [6.45, 7) is 1.38. The molecule has 0 fully saturated rings. The highest BCUT2D eigenvalue weighted by molar-refractivity contribution is 9.10. The minimum atomic E-state index is -0.0265. The molecular weight excluding hydrogens is 468 g/mol. The van der Waals surface area contributed by atoms with Gasteiger partial charge in [-0.05, 0) is 55.1 Å². The van der Waals surface area contributed by atoms with Crippen LogP contribution >= 0.6 is 39.0 Å². The molecule has 0 spiro atoms. The molecular formula is C21H19BrN4OS2. The number of anilines is 1. The van der Waals surface area contributed by atoms with Gasteiger partial charge in [-0.15, -0.1) is 11.8 Å². The molecule has 2 heterocycles. The Labute approximate surface area is 185 Å². The number of imidazole rings is 1. The lowest BCUT2D eigenvalue weighted by atomic mass is 10.2. The number of carbonyl (C=O) groups excluding carboxylic acids is 1. The van der Waals surface area contributed by atoms with Crippen molar-refractivity contribution in [3.63, 3.8) is 0 Å². The van der Waals surface area contributed by atoms with E-state index in [-0.39, 0.29) is 5.91 Å². The van der Waals surface area contributed by atoms with Crippen molar-refractivity contribution < 1.29 is 4.79 Å². The molecule has 148 valence electrons. The van der Waals surface area contributed by atoms with Crippen molar-refractivity contribution in [3.8, 4) is 0 Å². The zero-order valence-electron chi connectivity index (χ0n) is 15.8. The van der Waals surface area contributed by atoms with E-state index in [1.165, 1.54) is 11.3 Å². The van der Waals surface area contributed by atoms with Gasteiger partial charge >= 0.3 is 0 Å². The number of hydrogen-bond acceptors (Lipinski definition) is 5. The number of halogens is 1. The van der Waals surface area contributed by atoms with Crippen molar-refractivity contribution in [1.29, 1.82) is 0 Å². The molecule has 0 saturated carbocycles. The van der Waals surface area contributed by atoms with E-state index < -0.39 is 0 Å². The van der Waals surface area contributed by atoms with Gasteiger partial charge < -0.3 is 4.57 Å². The van der Waals surface area contributed by atoms with E-state index in [9.17, 15) is 4.79 Å². The topological polar surface area (TPSA) is 51.0 Å². The van der Waals surface area contributed by atoms with Crippen LogP contribution < -0.4 is 4.90 Å². The number of thioether (sulfide) groups is 1. The number of hydrogen-bond donors (Lipinski definition) is 0. The zero-order chi connectivity index (χ0) is 20.2. The van der Waals surface area contributed by atoms with Crippen LogP contribution in [0.2, 0.25) is 0 Å². The molecule has 5 nitrogen and oxygen atoms in total. The normalized spacial score (nSPS) is 11.1. The van der Waals surface area contributed by atoms with E-state index in [1.807, 2.05) is 59.5 Å². The van der Waals surface area contributed by atoms with E-state index in [4.69, 9.17) is 4.98 Å². The van der Waals surface area contributed by atoms with Gasteiger partial charge in [0.15, 0.2) is 5.13 Å². The second-order valence-corrected chi connectivity index (χ2v) is 9.25. The Kier molecular flexibility index (Phi) is 6.32. The van der Waals surface area contributed by atoms with Crippen molar-refractivity contribution in [2.45, 2.75) is 17.9 Å². The average molecular weight is 487 g/mol. The molecule has 0 aliphatic heterocycles. The van der Waals surface area contributed by atoms with Crippen molar-refractivity contribution in [1.82, 2.24) is 14.5 Å². The number of benzene rings is 2. The molecule has 2 aromatic carbocycles. The predicted octanol–water partition coefficient (Wildman–Crippen LogP) is 5.71. The van der Waals surface area contributed by atoms with Crippen molar-refractivity contribution >= 4 is 60.3 Å². The molecule has 0 aliphatic rings. The number of thiazole rings is 1. The maximum atomic E-state index is 13.3. The largest absolute Gasteiger partial charge is 0.337 e. The van der Waals surface area contributed by atoms with Gasteiger partial charge in [0.2, 0.25) is 0 Å². The molecule has 29 heavy (non-hydrogen) atoms. The SMILES string of the molecule is CSc1ccc(C(=O)N(CCCn2ccnc2)c2nc3ccc(Br)cc3s2)cc1. The molecule has 1 amide bonds. The van der Waals surface area contributed by atoms with Gasteiger partial charge in [0.25, 0.3) is 5.91 Å². The van der Waals surface area contributed by atoms with Crippen LogP contribution in [0.3, 0.4) is 0 Å². The Balaban J connectivity index is 1.61. The van der Waals surface area contributed by atoms with Crippen molar-refractivity contribution in [3.05, 3.63) is 71.2 Å². The summed E-state index contributed by atoms with van der Waals surface area (Å²) in [5.41, 5.74) is 1.57. The quantitative estimate of drug-likeness (QED) is 0.313. The number of amides is 1. The van der Waals surface area contributed by atoms with E-state index in [1.54, 1.807) is 29.2 Å². The van der Waals surface area contributed by atoms with Gasteiger partial charge in [-0.25, -0.2) is 9.97 Å². The van der Waals surface area contributed by atoms with Crippen LogP contribution in [0.5, 0.6) is 0 Å². The highest BCUT2D eigenvalue weighted by Gasteiger charge is 2.21. The highest BCUT2D eigenvalue weighted by Crippen LogP contribution is 2.32. The Morgan fingerprint density at radius 3 is 2.79 bits per heavy atom. The van der Waals surface area contributed by atoms with Crippen LogP contribution in [0.25, 0.3) is 10.2 Å². The number of fused-ring (bicyclic) bond motifs is 1. The Morgan fingerprint density at radius 1 is 1.24 bits per heavy atom. The molecule has 0 unspecified atom stereocenters. The number of aryl methyl sites for hydroxylation is 1. The Bertz CT molecular complexity index is 1110. The third-order valence-corrected chi connectivity index (χ3v) is 6.79. The molecule has 0 atom stereocenters. The molecule has 0 aliphatic carbocycles. The van der Waals surface area contributed by atoms with Crippen LogP contribution in [0.1, 0.15) is 16.8 Å². The lowest BCUT2D eigenvalue weighted by molar-refractivity contribution is 0.0986. The number of aromatic nitrogens is 3. The summed E-state index contributed by atoms with van der Waals surface area (Å²) in [7, 11) is 0. The summed E-state index contributed by atoms with van der Waals surface area (Å²) in [5, 5.41) is 0.725. The maximum Gasteiger partial charge on any atom is 0.260 e. The van der Waals surface area contributed by atoms with Crippen LogP contribution in [0.15, 0.2) is 70.6 Å². The van der Waals surface area contributed by atoms with Crippen LogP contribution in [0, 0.1) is 0 Å². The van der Waals surface area contributed by atoms with Crippen LogP contribution in [-0.2, 0) is 6.54 Å². The van der Waals surface area contributed by atoms with Crippen molar-refractivity contribution in [2.24, 2.45) is 0 Å². The van der Waals surface area contributed by atoms with Gasteiger partial charge in [0.1, 0.15) is 0 Å². The third kappa shape index (κ3) is 4.71. The fraction of sp³-hybridized carbons (Fsp3) is 0.190. The van der Waals surface area contributed by atoms with Gasteiger partial charge in [-0.2, -0.15) is 0 Å². The first-order chi connectivity index (χ1) is 14.1. The molecule has 2 aromatic heterocycles. The second kappa shape index (κ2) is 9.11. The Morgan fingerprint density at radius 2 is 2.07 bits per heavy atom. The molecule has 8 heteroatoms. The lowest BCUT2D eigenvalue weighted by Crippen LogP contribution is -2.32. The van der Waals surface area contributed by atoms with Gasteiger partial charge in [-0.3, -0.25) is 9.69 Å². The number of carbonyl (C=O) groups is 1. The maximum absolute atomic E-state index is 13.3. The van der Waals surface area contributed by atoms with E-state index in [0.29, 0.717) is 12.1 Å². The van der Waals surface area contributed by atoms with Crippen molar-refractivity contribution in [2.75, 3.05) is 17.7 Å². The smallest absolute Gasteiger partial charge is 0.260 e. The molecule has 0 bridgehead atoms. The second-order valence-electron chi connectivity index (χ2n) is 6.45. The first-order valence-corrected chi connectivity index (χ1v) is 12.0. The minimum absolute atomic E-state index is 0.0265. The first kappa shape index (κ1) is 20.1. The summed E-state index contributed by atoms with van der Waals surface area (Å²) >= 11 is 6.71. The third-order valence-electron chi connectivity index (χ3n) is 4.51. The molecule has 0 radical (unpaired) electrons. The monoisotopic (exact) mass is 486 g/mol. The number of nitrogens with zero attached hydrogens (tertiary/aromatic N) is 4. The predicted molar refractivity (Wildman–Crippen MR) is 124 cm³/mol. The van der Waals surface area contributed by atoms with E-state index in [2.05, 4.69) is 20.9 Å². The van der Waals surface area contributed by atoms with Gasteiger partial charge in [0.05, 0.1) is 16.5 Å². The van der Waals surface area contributed by atoms with Crippen LogP contribution in [-0.4, -0.2) is 33.2 Å². The van der Waals surface area contributed by atoms with Crippen LogP contribution in [0.4, 0.5) is 5.13 Å². The summed E-state index contributed by atoms with van der Waals surface area (Å²) in [5.74, 6) is -0.0265. The number of rotatable bonds is 7. The Hall–Kier alpha value is -2.16. The fourth-order valence-electron chi connectivity index (χ4n) is 3.01. The van der Waals surface area contributed by atoms with Gasteiger partial charge in [0, 0.05) is 40.4 Å². The molecule has 0 saturated heterocycles. The summed E-state index contributed by atoms with van der Waals surface area (Å²) in [6, 6.07) is 13.7. The molecule has 4 aromatic rings. The highest BCUT2D eigenvalue weighted by atomic mass is 79.9. The fourth-order valence-corrected chi connectivity index (χ4v) is 4.96. The summed E-state index contributed by atoms with van der Waals surface area (Å²) in [4.78, 5) is 25.1. The summed E-state index contributed by atoms with van der Waals surface area (Å²) in [6.07, 6.45) is 8.33. The minimum Gasteiger partial charge on any atom is -0.337 e. The van der Waals surface area contributed by atoms with E-state index >= 15 is 0 Å².